The molecule has 2 N–H and O–H groups in total. The lowest BCUT2D eigenvalue weighted by molar-refractivity contribution is -0.138. The first-order valence-electron chi connectivity index (χ1n) is 11.0. The SMILES string of the molecule is COCC1CN(c2cc(S(=O)(=O)NC3(C)COC3)cn3c(-c4nnc(C(F)(F)F)s4)cnc23)CCN1. The second-order valence-electron chi connectivity index (χ2n) is 9.02. The van der Waals surface area contributed by atoms with Gasteiger partial charge >= 0.3 is 6.18 Å². The molecule has 0 spiro atoms. The van der Waals surface area contributed by atoms with Crippen molar-refractivity contribution in [2.75, 3.05) is 51.5 Å². The van der Waals surface area contributed by atoms with E-state index in [1.807, 2.05) is 4.90 Å². The Morgan fingerprint density at radius 2 is 2.14 bits per heavy atom. The number of imidazole rings is 1. The van der Waals surface area contributed by atoms with Crippen molar-refractivity contribution in [3.63, 3.8) is 0 Å². The van der Waals surface area contributed by atoms with Crippen LogP contribution in [0.4, 0.5) is 18.9 Å². The first-order valence-corrected chi connectivity index (χ1v) is 13.3. The summed E-state index contributed by atoms with van der Waals surface area (Å²) in [6.07, 6.45) is -1.92. The minimum atomic E-state index is -4.64. The highest BCUT2D eigenvalue weighted by atomic mass is 32.2. The van der Waals surface area contributed by atoms with Crippen LogP contribution in [0.15, 0.2) is 23.4 Å². The van der Waals surface area contributed by atoms with Gasteiger partial charge in [0.15, 0.2) is 10.7 Å². The molecular formula is C20H24F3N7O4S2. The number of pyridine rings is 1. The van der Waals surface area contributed by atoms with Gasteiger partial charge in [0, 0.05) is 39.0 Å². The molecule has 36 heavy (non-hydrogen) atoms. The molecule has 0 aliphatic carbocycles. The standard InChI is InChI=1S/C20H24F3N7O4S2/c1-19(10-34-11-19)28-36(31,32)13-5-14(29-4-3-24-12(7-29)9-33-2)16-25-6-15(30(16)8-13)17-26-27-18(35-17)20(21,22)23/h5-6,8,12,24,28H,3-4,7,9-11H2,1-2H3. The minimum Gasteiger partial charge on any atom is -0.383 e. The summed E-state index contributed by atoms with van der Waals surface area (Å²) in [5, 5.41) is 9.17. The van der Waals surface area contributed by atoms with E-state index in [9.17, 15) is 21.6 Å². The molecule has 3 aromatic heterocycles. The Morgan fingerprint density at radius 1 is 1.36 bits per heavy atom. The molecule has 2 fully saturated rings. The van der Waals surface area contributed by atoms with Crippen molar-refractivity contribution in [1.29, 1.82) is 0 Å². The highest BCUT2D eigenvalue weighted by Crippen LogP contribution is 2.36. The monoisotopic (exact) mass is 547 g/mol. The molecule has 0 amide bonds. The largest absolute Gasteiger partial charge is 0.445 e. The van der Waals surface area contributed by atoms with Crippen molar-refractivity contribution in [2.45, 2.75) is 29.6 Å². The Labute approximate surface area is 208 Å². The van der Waals surface area contributed by atoms with Crippen LogP contribution in [0.2, 0.25) is 0 Å². The number of hydrogen-bond donors (Lipinski definition) is 2. The fourth-order valence-electron chi connectivity index (χ4n) is 4.23. The number of aromatic nitrogens is 4. The van der Waals surface area contributed by atoms with E-state index in [2.05, 4.69) is 25.2 Å². The molecule has 3 aromatic rings. The van der Waals surface area contributed by atoms with Gasteiger partial charge in [-0.1, -0.05) is 11.3 Å². The van der Waals surface area contributed by atoms with E-state index in [1.165, 1.54) is 22.9 Å². The first kappa shape index (κ1) is 25.3. The molecule has 0 aromatic carbocycles. The zero-order valence-corrected chi connectivity index (χ0v) is 21.0. The molecule has 0 bridgehead atoms. The molecule has 16 heteroatoms. The lowest BCUT2D eigenvalue weighted by Gasteiger charge is -2.38. The van der Waals surface area contributed by atoms with Crippen LogP contribution in [0.1, 0.15) is 11.9 Å². The predicted molar refractivity (Wildman–Crippen MR) is 125 cm³/mol. The normalized spacial score (nSPS) is 20.6. The summed E-state index contributed by atoms with van der Waals surface area (Å²) in [6, 6.07) is 1.54. The molecular weight excluding hydrogens is 523 g/mol. The summed E-state index contributed by atoms with van der Waals surface area (Å²) in [6.45, 7) is 4.38. The Kier molecular flexibility index (Phi) is 6.45. The molecule has 2 aliphatic rings. The van der Waals surface area contributed by atoms with E-state index >= 15 is 0 Å². The molecule has 1 atom stereocenters. The third-order valence-electron chi connectivity index (χ3n) is 5.94. The molecule has 5 heterocycles. The van der Waals surface area contributed by atoms with E-state index in [4.69, 9.17) is 9.47 Å². The van der Waals surface area contributed by atoms with Crippen molar-refractivity contribution < 1.29 is 31.1 Å². The summed E-state index contributed by atoms with van der Waals surface area (Å²) in [5.41, 5.74) is 0.384. The van der Waals surface area contributed by atoms with E-state index in [0.717, 1.165) is 0 Å². The van der Waals surface area contributed by atoms with Crippen LogP contribution in [-0.4, -0.2) is 86.1 Å². The zero-order valence-electron chi connectivity index (χ0n) is 19.4. The number of nitrogens with zero attached hydrogens (tertiary/aromatic N) is 5. The maximum absolute atomic E-state index is 13.4. The number of piperazine rings is 1. The summed E-state index contributed by atoms with van der Waals surface area (Å²) >= 11 is 0.367. The third-order valence-corrected chi connectivity index (χ3v) is 8.54. The fraction of sp³-hybridized carbons (Fsp3) is 0.550. The zero-order chi connectivity index (χ0) is 25.7. The van der Waals surface area contributed by atoms with Gasteiger partial charge in [0.1, 0.15) is 10.6 Å². The fourth-order valence-corrected chi connectivity index (χ4v) is 6.34. The number of ether oxygens (including phenoxy) is 2. The van der Waals surface area contributed by atoms with Gasteiger partial charge in [-0.25, -0.2) is 18.1 Å². The molecule has 0 radical (unpaired) electrons. The summed E-state index contributed by atoms with van der Waals surface area (Å²) < 4.78 is 80.7. The third kappa shape index (κ3) is 4.80. The lowest BCUT2D eigenvalue weighted by Crippen LogP contribution is -2.59. The molecule has 196 valence electrons. The number of fused-ring (bicyclic) bond motifs is 1. The van der Waals surface area contributed by atoms with Crippen LogP contribution >= 0.6 is 11.3 Å². The average molecular weight is 548 g/mol. The van der Waals surface area contributed by atoms with Gasteiger partial charge < -0.3 is 19.7 Å². The summed E-state index contributed by atoms with van der Waals surface area (Å²) in [7, 11) is -2.41. The Morgan fingerprint density at radius 3 is 2.78 bits per heavy atom. The van der Waals surface area contributed by atoms with Gasteiger partial charge in [0.2, 0.25) is 15.0 Å². The van der Waals surface area contributed by atoms with E-state index < -0.39 is 26.7 Å². The molecule has 2 aliphatic heterocycles. The lowest BCUT2D eigenvalue weighted by atomic mass is 10.0. The van der Waals surface area contributed by atoms with E-state index in [0.29, 0.717) is 48.9 Å². The topological polar surface area (TPSA) is 123 Å². The van der Waals surface area contributed by atoms with Gasteiger partial charge in [0.25, 0.3) is 0 Å². The number of hydrogen-bond acceptors (Lipinski definition) is 10. The van der Waals surface area contributed by atoms with Crippen LogP contribution in [0, 0.1) is 0 Å². The molecule has 0 saturated carbocycles. The van der Waals surface area contributed by atoms with Crippen molar-refractivity contribution >= 4 is 32.7 Å². The average Bonchev–Trinajstić information content (AvgIpc) is 3.44. The van der Waals surface area contributed by atoms with Crippen molar-refractivity contribution in [3.05, 3.63) is 23.5 Å². The van der Waals surface area contributed by atoms with Crippen molar-refractivity contribution in [3.8, 4) is 10.7 Å². The van der Waals surface area contributed by atoms with Gasteiger partial charge in [-0.3, -0.25) is 4.40 Å². The summed E-state index contributed by atoms with van der Waals surface area (Å²) in [4.78, 5) is 6.36. The van der Waals surface area contributed by atoms with Gasteiger partial charge in [-0.15, -0.1) is 10.2 Å². The summed E-state index contributed by atoms with van der Waals surface area (Å²) in [5.74, 6) is 0. The number of sulfonamides is 1. The van der Waals surface area contributed by atoms with Crippen LogP contribution in [0.5, 0.6) is 0 Å². The van der Waals surface area contributed by atoms with Crippen LogP contribution in [0.25, 0.3) is 16.3 Å². The van der Waals surface area contributed by atoms with Crippen LogP contribution in [0.3, 0.4) is 0 Å². The van der Waals surface area contributed by atoms with E-state index in [-0.39, 0.29) is 34.9 Å². The number of halogens is 3. The Hall–Kier alpha value is -2.37. The van der Waals surface area contributed by atoms with Gasteiger partial charge in [-0.05, 0) is 13.0 Å². The highest BCUT2D eigenvalue weighted by Gasteiger charge is 2.39. The predicted octanol–water partition coefficient (Wildman–Crippen LogP) is 1.36. The molecule has 11 nitrogen and oxygen atoms in total. The molecule has 2 saturated heterocycles. The second-order valence-corrected chi connectivity index (χ2v) is 11.7. The number of alkyl halides is 3. The number of nitrogens with one attached hydrogen (secondary N) is 2. The highest BCUT2D eigenvalue weighted by molar-refractivity contribution is 7.89. The second kappa shape index (κ2) is 9.18. The number of rotatable bonds is 7. The molecule has 1 unspecified atom stereocenters. The number of methoxy groups -OCH3 is 1. The molecule has 5 rings (SSSR count). The number of anilines is 1. The van der Waals surface area contributed by atoms with Crippen molar-refractivity contribution in [1.82, 2.24) is 29.6 Å². The van der Waals surface area contributed by atoms with Crippen LogP contribution < -0.4 is 14.9 Å². The van der Waals surface area contributed by atoms with E-state index in [1.54, 1.807) is 14.0 Å². The van der Waals surface area contributed by atoms with Crippen molar-refractivity contribution in [2.24, 2.45) is 0 Å². The Balaban J connectivity index is 1.63. The quantitative estimate of drug-likeness (QED) is 0.451. The van der Waals surface area contributed by atoms with Gasteiger partial charge in [-0.2, -0.15) is 13.2 Å². The first-order chi connectivity index (χ1) is 17.0. The van der Waals surface area contributed by atoms with Gasteiger partial charge in [0.05, 0.1) is 37.2 Å². The maximum atomic E-state index is 13.4. The van der Waals surface area contributed by atoms with Crippen LogP contribution in [-0.2, 0) is 25.7 Å². The minimum absolute atomic E-state index is 0.000152. The Bertz CT molecular complexity index is 1370. The smallest absolute Gasteiger partial charge is 0.383 e. The maximum Gasteiger partial charge on any atom is 0.445 e.